The van der Waals surface area contributed by atoms with E-state index in [1.807, 2.05) is 86.4 Å². The molecule has 1 unspecified atom stereocenters. The van der Waals surface area contributed by atoms with Crippen molar-refractivity contribution in [2.24, 2.45) is 11.8 Å². The molecule has 9 heteroatoms. The third-order valence-corrected chi connectivity index (χ3v) is 11.3. The van der Waals surface area contributed by atoms with Crippen LogP contribution in [0.5, 0.6) is 0 Å². The average Bonchev–Trinajstić information content (AvgIpc) is 3.24. The van der Waals surface area contributed by atoms with Crippen molar-refractivity contribution in [2.75, 3.05) is 31.1 Å². The monoisotopic (exact) mass is 605 g/mol. The predicted molar refractivity (Wildman–Crippen MR) is 166 cm³/mol. The topological polar surface area (TPSA) is 81.2 Å². The van der Waals surface area contributed by atoms with Gasteiger partial charge >= 0.3 is 0 Å². The third kappa shape index (κ3) is 4.25. The Morgan fingerprint density at radius 3 is 2.40 bits per heavy atom. The first-order chi connectivity index (χ1) is 20.2. The normalized spacial score (nSPS) is 31.1. The van der Waals surface area contributed by atoms with E-state index in [9.17, 15) is 19.5 Å². The summed E-state index contributed by atoms with van der Waals surface area (Å²) < 4.78 is -1.71. The van der Waals surface area contributed by atoms with Crippen LogP contribution in [-0.2, 0) is 14.4 Å². The molecule has 2 saturated heterocycles. The summed E-state index contributed by atoms with van der Waals surface area (Å²) in [7, 11) is 0. The highest BCUT2D eigenvalue weighted by Crippen LogP contribution is 2.66. The zero-order valence-electron chi connectivity index (χ0n) is 24.1. The predicted octanol–water partition coefficient (Wildman–Crippen LogP) is 4.78. The largest absolute Gasteiger partial charge is 0.394 e. The molecule has 0 bridgehead atoms. The van der Waals surface area contributed by atoms with E-state index in [1.54, 1.807) is 27.6 Å². The lowest BCUT2D eigenvalue weighted by atomic mass is 9.74. The minimum absolute atomic E-state index is 0.0585. The number of aliphatic hydroxyl groups excluding tert-OH is 1. The van der Waals surface area contributed by atoms with Crippen LogP contribution in [0.15, 0.2) is 72.8 Å². The van der Waals surface area contributed by atoms with E-state index in [-0.39, 0.29) is 30.9 Å². The van der Waals surface area contributed by atoms with Gasteiger partial charge in [0.05, 0.1) is 39.9 Å². The molecule has 2 aromatic rings. The van der Waals surface area contributed by atoms with Crippen LogP contribution in [0.2, 0.25) is 5.02 Å². The number of hydrogen-bond acceptors (Lipinski definition) is 5. The lowest BCUT2D eigenvalue weighted by Crippen LogP contribution is -2.54. The van der Waals surface area contributed by atoms with Crippen LogP contribution < -0.4 is 4.90 Å². The first-order valence-corrected chi connectivity index (χ1v) is 15.8. The van der Waals surface area contributed by atoms with E-state index in [4.69, 9.17) is 11.6 Å². The van der Waals surface area contributed by atoms with Gasteiger partial charge in [0.15, 0.2) is 0 Å². The highest BCUT2D eigenvalue weighted by Gasteiger charge is 2.74. The van der Waals surface area contributed by atoms with Crippen LogP contribution in [0.1, 0.15) is 37.4 Å². The number of aryl methyl sites for hydroxylation is 1. The highest BCUT2D eigenvalue weighted by molar-refractivity contribution is 8.02. The van der Waals surface area contributed by atoms with Gasteiger partial charge in [0, 0.05) is 24.4 Å². The molecular formula is C33H36ClN3O4S. The van der Waals surface area contributed by atoms with Crippen LogP contribution in [0, 0.1) is 18.8 Å². The number of nitrogens with zero attached hydrogens (tertiary/aromatic N) is 3. The molecule has 6 rings (SSSR count). The second-order valence-electron chi connectivity index (χ2n) is 11.8. The summed E-state index contributed by atoms with van der Waals surface area (Å²) in [5.74, 6) is -2.04. The molecule has 3 amide bonds. The lowest BCUT2D eigenvalue weighted by molar-refractivity contribution is -0.145. The highest BCUT2D eigenvalue weighted by atomic mass is 35.5. The smallest absolute Gasteiger partial charge is 0.251 e. The number of likely N-dealkylation sites (tertiary alicyclic amines) is 1. The van der Waals surface area contributed by atoms with Gasteiger partial charge in [0.1, 0.15) is 6.04 Å². The van der Waals surface area contributed by atoms with Crippen molar-refractivity contribution in [1.29, 1.82) is 0 Å². The molecule has 7 nitrogen and oxygen atoms in total. The van der Waals surface area contributed by atoms with E-state index in [2.05, 4.69) is 6.08 Å². The van der Waals surface area contributed by atoms with Crippen molar-refractivity contribution in [3.05, 3.63) is 89.0 Å². The van der Waals surface area contributed by atoms with Crippen molar-refractivity contribution in [1.82, 2.24) is 9.80 Å². The molecule has 220 valence electrons. The van der Waals surface area contributed by atoms with E-state index < -0.39 is 33.4 Å². The Hall–Kier alpha value is -3.07. The average molecular weight is 606 g/mol. The standard InChI is InChI=1S/C33H36ClN3O4S/c1-4-17-35-18-9-15-32(3)25(29(35)39)26-30(40)37(24(20-38)22-12-6-5-7-13-22)28-31(41)36(19-10-16-33(26,28)42-32)27-21(2)11-8-14-23(27)34/h5-16,24-26,28,38H,4,17-20H2,1-3H3/t24-,25+,26+,28?,32-,33+/m1/s1. The maximum Gasteiger partial charge on any atom is 0.251 e. The Kier molecular flexibility index (Phi) is 7.52. The molecule has 1 spiro atoms. The molecule has 42 heavy (non-hydrogen) atoms. The molecule has 4 heterocycles. The summed E-state index contributed by atoms with van der Waals surface area (Å²) >= 11 is 8.23. The molecule has 2 aromatic carbocycles. The summed E-state index contributed by atoms with van der Waals surface area (Å²) in [6, 6.07) is 13.1. The van der Waals surface area contributed by atoms with E-state index in [0.717, 1.165) is 17.5 Å². The Morgan fingerprint density at radius 2 is 1.71 bits per heavy atom. The second-order valence-corrected chi connectivity index (χ2v) is 14.0. The van der Waals surface area contributed by atoms with Gasteiger partial charge in [0.2, 0.25) is 11.8 Å². The SMILES string of the molecule is CCCN1CC=C[C@@]2(C)S[C@]34C=CCN(c5c(C)cccc5Cl)C(=O)C3N([C@H](CO)c3ccccc3)C(=O)[C@@H]4[C@H]2C1=O. The van der Waals surface area contributed by atoms with Gasteiger partial charge in [-0.15, -0.1) is 11.8 Å². The molecule has 1 N–H and O–H groups in total. The summed E-state index contributed by atoms with van der Waals surface area (Å²) in [5.41, 5.74) is 2.19. The number of rotatable bonds is 6. The number of hydrogen-bond donors (Lipinski definition) is 1. The molecule has 4 aliphatic heterocycles. The van der Waals surface area contributed by atoms with E-state index in [1.165, 1.54) is 0 Å². The Balaban J connectivity index is 1.55. The number of carbonyl (C=O) groups excluding carboxylic acids is 3. The number of halogens is 1. The van der Waals surface area contributed by atoms with Crippen LogP contribution in [0.4, 0.5) is 5.69 Å². The fraction of sp³-hybridized carbons (Fsp3) is 0.424. The number of thioether (sulfide) groups is 1. The Labute approximate surface area is 256 Å². The minimum atomic E-state index is -1.02. The minimum Gasteiger partial charge on any atom is -0.394 e. The molecule has 4 aliphatic rings. The van der Waals surface area contributed by atoms with Crippen molar-refractivity contribution >= 4 is 46.8 Å². The van der Waals surface area contributed by atoms with Crippen LogP contribution in [0.25, 0.3) is 0 Å². The number of aliphatic hydroxyl groups is 1. The lowest BCUT2D eigenvalue weighted by Gasteiger charge is -2.40. The molecular weight excluding hydrogens is 570 g/mol. The molecule has 0 radical (unpaired) electrons. The Bertz CT molecular complexity index is 1460. The molecule has 0 aliphatic carbocycles. The van der Waals surface area contributed by atoms with Crippen molar-refractivity contribution in [3.63, 3.8) is 0 Å². The molecule has 6 atom stereocenters. The van der Waals surface area contributed by atoms with E-state index in [0.29, 0.717) is 23.8 Å². The first-order valence-electron chi connectivity index (χ1n) is 14.6. The maximum atomic E-state index is 14.9. The van der Waals surface area contributed by atoms with Gasteiger partial charge in [-0.25, -0.2) is 0 Å². The summed E-state index contributed by atoms with van der Waals surface area (Å²) in [4.78, 5) is 49.1. The zero-order chi connectivity index (χ0) is 29.8. The number of para-hydroxylation sites is 1. The van der Waals surface area contributed by atoms with Crippen molar-refractivity contribution < 1.29 is 19.5 Å². The third-order valence-electron chi connectivity index (χ3n) is 9.22. The van der Waals surface area contributed by atoms with Crippen molar-refractivity contribution in [3.8, 4) is 0 Å². The summed E-state index contributed by atoms with van der Waals surface area (Å²) in [6.45, 7) is 6.98. The fourth-order valence-electron chi connectivity index (χ4n) is 7.51. The van der Waals surface area contributed by atoms with Crippen LogP contribution in [-0.4, -0.2) is 74.4 Å². The molecule has 0 saturated carbocycles. The molecule has 2 fully saturated rings. The van der Waals surface area contributed by atoms with Gasteiger partial charge in [-0.05, 0) is 37.5 Å². The molecule has 0 aromatic heterocycles. The van der Waals surface area contributed by atoms with Crippen LogP contribution >= 0.6 is 23.4 Å². The van der Waals surface area contributed by atoms with Crippen LogP contribution in [0.3, 0.4) is 0 Å². The quantitative estimate of drug-likeness (QED) is 0.480. The zero-order valence-corrected chi connectivity index (χ0v) is 25.6. The summed E-state index contributed by atoms with van der Waals surface area (Å²) in [5, 5.41) is 11.2. The number of benzene rings is 2. The number of fused-ring (bicyclic) bond motifs is 2. The van der Waals surface area contributed by atoms with Gasteiger partial charge in [0.25, 0.3) is 5.91 Å². The number of amides is 3. The van der Waals surface area contributed by atoms with Gasteiger partial charge in [-0.3, -0.25) is 14.4 Å². The number of carbonyl (C=O) groups is 3. The number of anilines is 1. The van der Waals surface area contributed by atoms with Crippen molar-refractivity contribution in [2.45, 2.75) is 48.8 Å². The maximum absolute atomic E-state index is 14.9. The summed E-state index contributed by atoms with van der Waals surface area (Å²) in [6.07, 6.45) is 8.84. The van der Waals surface area contributed by atoms with Gasteiger partial charge in [-0.1, -0.05) is 85.3 Å². The Morgan fingerprint density at radius 1 is 0.976 bits per heavy atom. The van der Waals surface area contributed by atoms with Gasteiger partial charge < -0.3 is 19.8 Å². The van der Waals surface area contributed by atoms with E-state index >= 15 is 0 Å². The van der Waals surface area contributed by atoms with Gasteiger partial charge in [-0.2, -0.15) is 0 Å². The fourth-order valence-corrected chi connectivity index (χ4v) is 9.98. The first kappa shape index (κ1) is 29.0. The second kappa shape index (κ2) is 10.9.